The molecule has 2 rings (SSSR count). The van der Waals surface area contributed by atoms with Gasteiger partial charge in [0, 0.05) is 13.1 Å². The first-order valence-electron chi connectivity index (χ1n) is 7.98. The molecule has 0 bridgehead atoms. The zero-order chi connectivity index (χ0) is 18.8. The molecule has 0 aliphatic carbocycles. The van der Waals surface area contributed by atoms with Crippen LogP contribution in [0.1, 0.15) is 12.0 Å². The highest BCUT2D eigenvalue weighted by atomic mass is 32.2. The van der Waals surface area contributed by atoms with Crippen molar-refractivity contribution in [3.8, 4) is 0 Å². The molecule has 0 heterocycles. The van der Waals surface area contributed by atoms with E-state index in [2.05, 4.69) is 10.0 Å². The number of hydrogen-bond donors (Lipinski definition) is 2. The summed E-state index contributed by atoms with van der Waals surface area (Å²) in [7, 11) is -3.66. The van der Waals surface area contributed by atoms with E-state index in [9.17, 15) is 18.0 Å². The topological polar surface area (TPSA) is 102 Å². The maximum atomic E-state index is 12.0. The molecule has 0 fully saturated rings. The molecule has 2 N–H and O–H groups in total. The maximum Gasteiger partial charge on any atom is 0.307 e. The van der Waals surface area contributed by atoms with E-state index in [1.165, 1.54) is 12.1 Å². The molecule has 2 aromatic carbocycles. The van der Waals surface area contributed by atoms with Crippen molar-refractivity contribution >= 4 is 21.9 Å². The van der Waals surface area contributed by atoms with Crippen LogP contribution in [-0.2, 0) is 30.9 Å². The summed E-state index contributed by atoms with van der Waals surface area (Å²) >= 11 is 0. The van der Waals surface area contributed by atoms with E-state index in [0.717, 1.165) is 5.56 Å². The van der Waals surface area contributed by atoms with Gasteiger partial charge in [0.1, 0.15) is 0 Å². The fourth-order valence-electron chi connectivity index (χ4n) is 2.04. The smallest absolute Gasteiger partial charge is 0.307 e. The molecule has 0 unspecified atom stereocenters. The Morgan fingerprint density at radius 1 is 0.923 bits per heavy atom. The van der Waals surface area contributed by atoms with E-state index in [1.54, 1.807) is 18.2 Å². The normalized spacial score (nSPS) is 10.9. The first-order chi connectivity index (χ1) is 12.5. The Morgan fingerprint density at radius 3 is 2.19 bits per heavy atom. The van der Waals surface area contributed by atoms with Gasteiger partial charge in [-0.25, -0.2) is 13.1 Å². The summed E-state index contributed by atoms with van der Waals surface area (Å²) in [6, 6.07) is 17.2. The minimum atomic E-state index is -3.66. The minimum Gasteiger partial charge on any atom is -0.456 e. The number of carbonyl (C=O) groups is 2. The summed E-state index contributed by atoms with van der Waals surface area (Å²) in [6.07, 6.45) is -0.169. The summed E-state index contributed by atoms with van der Waals surface area (Å²) in [4.78, 5) is 23.4. The van der Waals surface area contributed by atoms with E-state index in [-0.39, 0.29) is 17.9 Å². The summed E-state index contributed by atoms with van der Waals surface area (Å²) in [6.45, 7) is -0.174. The highest BCUT2D eigenvalue weighted by Crippen LogP contribution is 2.06. The Labute approximate surface area is 152 Å². The number of hydrogen-bond acceptors (Lipinski definition) is 5. The quantitative estimate of drug-likeness (QED) is 0.641. The second-order valence-electron chi connectivity index (χ2n) is 5.38. The molecule has 0 aliphatic heterocycles. The summed E-state index contributed by atoms with van der Waals surface area (Å²) in [5.74, 6) is -1.08. The van der Waals surface area contributed by atoms with Gasteiger partial charge in [-0.15, -0.1) is 0 Å². The van der Waals surface area contributed by atoms with Crippen molar-refractivity contribution in [2.24, 2.45) is 0 Å². The molecule has 26 heavy (non-hydrogen) atoms. The summed E-state index contributed by atoms with van der Waals surface area (Å²) < 4.78 is 31.1. The Kier molecular flexibility index (Phi) is 7.31. The number of carbonyl (C=O) groups excluding carboxylic acids is 2. The van der Waals surface area contributed by atoms with Crippen molar-refractivity contribution in [2.45, 2.75) is 17.9 Å². The van der Waals surface area contributed by atoms with Crippen molar-refractivity contribution in [1.29, 1.82) is 0 Å². The Hall–Kier alpha value is -2.71. The lowest BCUT2D eigenvalue weighted by Crippen LogP contribution is -2.30. The molecular formula is C18H20N2O5S. The van der Waals surface area contributed by atoms with Crippen LogP contribution in [0.3, 0.4) is 0 Å². The Balaban J connectivity index is 1.65. The number of sulfonamides is 1. The lowest BCUT2D eigenvalue weighted by Gasteiger charge is -2.08. The van der Waals surface area contributed by atoms with Gasteiger partial charge in [-0.1, -0.05) is 48.5 Å². The highest BCUT2D eigenvalue weighted by molar-refractivity contribution is 7.89. The SMILES string of the molecule is O=C(COC(=O)CCNS(=O)(=O)c1ccccc1)NCc1ccccc1. The van der Waals surface area contributed by atoms with Crippen LogP contribution in [0.25, 0.3) is 0 Å². The summed E-state index contributed by atoms with van der Waals surface area (Å²) in [5, 5.41) is 2.63. The minimum absolute atomic E-state index is 0.109. The van der Waals surface area contributed by atoms with Gasteiger partial charge in [-0.3, -0.25) is 9.59 Å². The first kappa shape index (κ1) is 19.6. The third-order valence-electron chi connectivity index (χ3n) is 3.37. The molecule has 0 spiro atoms. The van der Waals surface area contributed by atoms with Gasteiger partial charge in [0.15, 0.2) is 6.61 Å². The molecule has 8 heteroatoms. The molecule has 0 aliphatic rings. The molecule has 0 saturated heterocycles. The second kappa shape index (κ2) is 9.69. The second-order valence-corrected chi connectivity index (χ2v) is 7.15. The number of nitrogens with one attached hydrogen (secondary N) is 2. The van der Waals surface area contributed by atoms with E-state index < -0.39 is 28.5 Å². The molecule has 2 aromatic rings. The van der Waals surface area contributed by atoms with Crippen LogP contribution in [-0.4, -0.2) is 33.4 Å². The molecule has 0 aromatic heterocycles. The van der Waals surface area contributed by atoms with Crippen molar-refractivity contribution in [2.75, 3.05) is 13.2 Å². The number of benzene rings is 2. The van der Waals surface area contributed by atoms with Gasteiger partial charge in [0.2, 0.25) is 10.0 Å². The molecule has 0 radical (unpaired) electrons. The van der Waals surface area contributed by atoms with Crippen LogP contribution in [0, 0.1) is 0 Å². The number of amides is 1. The third kappa shape index (κ3) is 6.66. The monoisotopic (exact) mass is 376 g/mol. The molecule has 0 saturated carbocycles. The average molecular weight is 376 g/mol. The maximum absolute atomic E-state index is 12.0. The van der Waals surface area contributed by atoms with Gasteiger partial charge < -0.3 is 10.1 Å². The van der Waals surface area contributed by atoms with Gasteiger partial charge in [-0.2, -0.15) is 0 Å². The molecule has 138 valence electrons. The zero-order valence-corrected chi connectivity index (χ0v) is 14.9. The van der Waals surface area contributed by atoms with Gasteiger partial charge >= 0.3 is 5.97 Å². The van der Waals surface area contributed by atoms with Crippen molar-refractivity contribution in [3.63, 3.8) is 0 Å². The third-order valence-corrected chi connectivity index (χ3v) is 4.85. The lowest BCUT2D eigenvalue weighted by atomic mass is 10.2. The number of esters is 1. The van der Waals surface area contributed by atoms with Crippen LogP contribution in [0.15, 0.2) is 65.6 Å². The predicted molar refractivity (Wildman–Crippen MR) is 95.5 cm³/mol. The van der Waals surface area contributed by atoms with Crippen molar-refractivity contribution in [1.82, 2.24) is 10.0 Å². The summed E-state index contributed by atoms with van der Waals surface area (Å²) in [5.41, 5.74) is 0.933. The molecule has 7 nitrogen and oxygen atoms in total. The standard InChI is InChI=1S/C18H20N2O5S/c21-17(19-13-15-7-3-1-4-8-15)14-25-18(22)11-12-20-26(23,24)16-9-5-2-6-10-16/h1-10,20H,11-14H2,(H,19,21). The van der Waals surface area contributed by atoms with Gasteiger partial charge in [-0.05, 0) is 17.7 Å². The largest absolute Gasteiger partial charge is 0.456 e. The fourth-order valence-corrected chi connectivity index (χ4v) is 3.09. The molecule has 1 amide bonds. The fraction of sp³-hybridized carbons (Fsp3) is 0.222. The van der Waals surface area contributed by atoms with E-state index in [0.29, 0.717) is 6.54 Å². The van der Waals surface area contributed by atoms with Gasteiger partial charge in [0.25, 0.3) is 5.91 Å². The van der Waals surface area contributed by atoms with Crippen molar-refractivity contribution in [3.05, 3.63) is 66.2 Å². The Morgan fingerprint density at radius 2 is 1.54 bits per heavy atom. The predicted octanol–water partition coefficient (Wildman–Crippen LogP) is 1.21. The van der Waals surface area contributed by atoms with Crippen LogP contribution in [0.4, 0.5) is 0 Å². The molecule has 0 atom stereocenters. The van der Waals surface area contributed by atoms with E-state index >= 15 is 0 Å². The average Bonchev–Trinajstić information content (AvgIpc) is 2.66. The van der Waals surface area contributed by atoms with E-state index in [1.807, 2.05) is 30.3 Å². The van der Waals surface area contributed by atoms with Crippen LogP contribution in [0.2, 0.25) is 0 Å². The van der Waals surface area contributed by atoms with Gasteiger partial charge in [0.05, 0.1) is 11.3 Å². The number of rotatable bonds is 9. The van der Waals surface area contributed by atoms with Crippen molar-refractivity contribution < 1.29 is 22.7 Å². The lowest BCUT2D eigenvalue weighted by molar-refractivity contribution is -0.148. The van der Waals surface area contributed by atoms with E-state index in [4.69, 9.17) is 4.74 Å². The number of ether oxygens (including phenoxy) is 1. The van der Waals surface area contributed by atoms with Crippen LogP contribution >= 0.6 is 0 Å². The van der Waals surface area contributed by atoms with Crippen LogP contribution < -0.4 is 10.0 Å². The first-order valence-corrected chi connectivity index (χ1v) is 9.46. The Bertz CT molecular complexity index is 823. The molecular weight excluding hydrogens is 356 g/mol. The highest BCUT2D eigenvalue weighted by Gasteiger charge is 2.14. The van der Waals surface area contributed by atoms with Crippen LogP contribution in [0.5, 0.6) is 0 Å². The zero-order valence-electron chi connectivity index (χ0n) is 14.1.